The van der Waals surface area contributed by atoms with E-state index >= 15 is 0 Å². The zero-order valence-corrected chi connectivity index (χ0v) is 10.6. The van der Waals surface area contributed by atoms with Crippen molar-refractivity contribution >= 4 is 11.4 Å². The maximum Gasteiger partial charge on any atom is 0.162 e. The molecule has 0 aliphatic rings. The van der Waals surface area contributed by atoms with E-state index in [1.54, 1.807) is 20.3 Å². The molecule has 3 N–H and O–H groups in total. The maximum atomic E-state index is 5.92. The normalized spacial score (nSPS) is 10.5. The number of nitrogen functional groups attached to an aromatic ring is 1. The molecular weight excluding hydrogens is 216 g/mol. The maximum absolute atomic E-state index is 5.92. The molecule has 0 unspecified atom stereocenters. The predicted octanol–water partition coefficient (Wildman–Crippen LogP) is 2.66. The Hall–Kier alpha value is -1.84. The molecule has 0 radical (unpaired) electrons. The summed E-state index contributed by atoms with van der Waals surface area (Å²) in [4.78, 5) is 0. The van der Waals surface area contributed by atoms with Crippen LogP contribution in [0.1, 0.15) is 13.3 Å². The molecule has 0 bridgehead atoms. The summed E-state index contributed by atoms with van der Waals surface area (Å²) in [5, 5.41) is 3.26. The zero-order valence-electron chi connectivity index (χ0n) is 10.6. The van der Waals surface area contributed by atoms with Gasteiger partial charge in [0.15, 0.2) is 11.5 Å². The molecule has 0 heterocycles. The number of nitrogens with one attached hydrogen (secondary N) is 1. The minimum Gasteiger partial charge on any atom is -0.493 e. The Morgan fingerprint density at radius 1 is 1.24 bits per heavy atom. The van der Waals surface area contributed by atoms with Gasteiger partial charge in [-0.25, -0.2) is 0 Å². The van der Waals surface area contributed by atoms with Crippen LogP contribution < -0.4 is 20.5 Å². The molecule has 0 aromatic heterocycles. The first-order valence-electron chi connectivity index (χ1n) is 5.59. The fourth-order valence-corrected chi connectivity index (χ4v) is 1.50. The fourth-order valence-electron chi connectivity index (χ4n) is 1.50. The summed E-state index contributed by atoms with van der Waals surface area (Å²) in [5.74, 6) is 1.32. The Morgan fingerprint density at radius 2 is 1.88 bits per heavy atom. The molecule has 1 aromatic rings. The smallest absolute Gasteiger partial charge is 0.162 e. The molecule has 0 aliphatic heterocycles. The largest absolute Gasteiger partial charge is 0.493 e. The van der Waals surface area contributed by atoms with Crippen LogP contribution in [0.15, 0.2) is 24.3 Å². The van der Waals surface area contributed by atoms with Crippen LogP contribution in [-0.4, -0.2) is 20.8 Å². The molecule has 0 fully saturated rings. The van der Waals surface area contributed by atoms with Crippen LogP contribution in [0.3, 0.4) is 0 Å². The van der Waals surface area contributed by atoms with E-state index in [-0.39, 0.29) is 0 Å². The monoisotopic (exact) mass is 236 g/mol. The summed E-state index contributed by atoms with van der Waals surface area (Å²) in [6.07, 6.45) is 5.09. The Balaban J connectivity index is 2.78. The van der Waals surface area contributed by atoms with E-state index in [1.165, 1.54) is 0 Å². The van der Waals surface area contributed by atoms with E-state index in [1.807, 2.05) is 19.1 Å². The first-order valence-corrected chi connectivity index (χ1v) is 5.59. The van der Waals surface area contributed by atoms with Crippen molar-refractivity contribution in [2.45, 2.75) is 13.3 Å². The van der Waals surface area contributed by atoms with Crippen LogP contribution in [-0.2, 0) is 0 Å². The SMILES string of the molecule is C/C=C/CCNc1cc(OC)c(OC)cc1N. The van der Waals surface area contributed by atoms with Gasteiger partial charge in [-0.3, -0.25) is 0 Å². The van der Waals surface area contributed by atoms with Gasteiger partial charge in [-0.2, -0.15) is 0 Å². The van der Waals surface area contributed by atoms with Crippen LogP contribution in [0.4, 0.5) is 11.4 Å². The number of methoxy groups -OCH3 is 2. The molecule has 1 rings (SSSR count). The molecule has 4 heteroatoms. The number of nitrogens with two attached hydrogens (primary N) is 1. The first-order chi connectivity index (χ1) is 8.22. The van der Waals surface area contributed by atoms with Gasteiger partial charge in [0, 0.05) is 18.7 Å². The third-order valence-corrected chi connectivity index (χ3v) is 2.42. The van der Waals surface area contributed by atoms with Gasteiger partial charge in [-0.05, 0) is 13.3 Å². The van der Waals surface area contributed by atoms with Crippen molar-refractivity contribution in [2.75, 3.05) is 31.8 Å². The molecule has 0 atom stereocenters. The average Bonchev–Trinajstić information content (AvgIpc) is 2.35. The Bertz CT molecular complexity index is 389. The molecule has 17 heavy (non-hydrogen) atoms. The number of ether oxygens (including phenoxy) is 2. The van der Waals surface area contributed by atoms with Crippen LogP contribution in [0.25, 0.3) is 0 Å². The average molecular weight is 236 g/mol. The summed E-state index contributed by atoms with van der Waals surface area (Å²) in [7, 11) is 3.20. The first kappa shape index (κ1) is 13.2. The molecule has 94 valence electrons. The summed E-state index contributed by atoms with van der Waals surface area (Å²) in [5.41, 5.74) is 7.44. The number of rotatable bonds is 6. The van der Waals surface area contributed by atoms with Gasteiger partial charge in [0.25, 0.3) is 0 Å². The van der Waals surface area contributed by atoms with Gasteiger partial charge in [0.2, 0.25) is 0 Å². The molecule has 4 nitrogen and oxygen atoms in total. The molecule has 0 spiro atoms. The Labute approximate surface area is 102 Å². The second-order valence-electron chi connectivity index (χ2n) is 3.58. The van der Waals surface area contributed by atoms with E-state index in [0.717, 1.165) is 18.7 Å². The lowest BCUT2D eigenvalue weighted by molar-refractivity contribution is 0.355. The van der Waals surface area contributed by atoms with E-state index < -0.39 is 0 Å². The van der Waals surface area contributed by atoms with Gasteiger partial charge in [0.1, 0.15) is 0 Å². The third kappa shape index (κ3) is 3.59. The zero-order chi connectivity index (χ0) is 12.7. The lowest BCUT2D eigenvalue weighted by Gasteiger charge is -2.13. The van der Waals surface area contributed by atoms with E-state index in [9.17, 15) is 0 Å². The van der Waals surface area contributed by atoms with Crippen molar-refractivity contribution in [1.82, 2.24) is 0 Å². The number of anilines is 2. The topological polar surface area (TPSA) is 56.5 Å². The second-order valence-corrected chi connectivity index (χ2v) is 3.58. The number of benzene rings is 1. The lowest BCUT2D eigenvalue weighted by Crippen LogP contribution is -2.04. The third-order valence-electron chi connectivity index (χ3n) is 2.42. The minimum absolute atomic E-state index is 0.643. The van der Waals surface area contributed by atoms with Gasteiger partial charge >= 0.3 is 0 Å². The van der Waals surface area contributed by atoms with Gasteiger partial charge in [-0.1, -0.05) is 12.2 Å². The molecule has 0 saturated carbocycles. The molecular formula is C13H20N2O2. The highest BCUT2D eigenvalue weighted by molar-refractivity contribution is 5.72. The highest BCUT2D eigenvalue weighted by atomic mass is 16.5. The van der Waals surface area contributed by atoms with Crippen LogP contribution in [0.2, 0.25) is 0 Å². The number of hydrogen-bond acceptors (Lipinski definition) is 4. The van der Waals surface area contributed by atoms with Crippen LogP contribution >= 0.6 is 0 Å². The van der Waals surface area contributed by atoms with Crippen molar-refractivity contribution < 1.29 is 9.47 Å². The van der Waals surface area contributed by atoms with E-state index in [4.69, 9.17) is 15.2 Å². The second kappa shape index (κ2) is 6.68. The van der Waals surface area contributed by atoms with Crippen LogP contribution in [0, 0.1) is 0 Å². The summed E-state index contributed by atoms with van der Waals surface area (Å²) >= 11 is 0. The van der Waals surface area contributed by atoms with Crippen molar-refractivity contribution in [2.24, 2.45) is 0 Å². The van der Waals surface area contributed by atoms with Gasteiger partial charge in [-0.15, -0.1) is 0 Å². The lowest BCUT2D eigenvalue weighted by atomic mass is 10.2. The van der Waals surface area contributed by atoms with E-state index in [2.05, 4.69) is 11.4 Å². The minimum atomic E-state index is 0.643. The highest BCUT2D eigenvalue weighted by Crippen LogP contribution is 2.34. The molecule has 0 aliphatic carbocycles. The summed E-state index contributed by atoms with van der Waals surface area (Å²) in [6.45, 7) is 2.84. The molecule has 0 amide bonds. The highest BCUT2D eigenvalue weighted by Gasteiger charge is 2.08. The van der Waals surface area contributed by atoms with E-state index in [0.29, 0.717) is 17.2 Å². The van der Waals surface area contributed by atoms with Crippen molar-refractivity contribution in [3.05, 3.63) is 24.3 Å². The number of hydrogen-bond donors (Lipinski definition) is 2. The standard InChI is InChI=1S/C13H20N2O2/c1-4-5-6-7-15-11-9-13(17-3)12(16-2)8-10(11)14/h4-5,8-9,15H,6-7,14H2,1-3H3/b5-4+. The molecule has 1 aromatic carbocycles. The Kier molecular flexibility index (Phi) is 5.20. The quantitative estimate of drug-likeness (QED) is 0.453. The van der Waals surface area contributed by atoms with Crippen molar-refractivity contribution in [3.63, 3.8) is 0 Å². The molecule has 0 saturated heterocycles. The van der Waals surface area contributed by atoms with Crippen molar-refractivity contribution in [3.8, 4) is 11.5 Å². The summed E-state index contributed by atoms with van der Waals surface area (Å²) < 4.78 is 10.4. The Morgan fingerprint density at radius 3 is 2.47 bits per heavy atom. The predicted molar refractivity (Wildman–Crippen MR) is 71.9 cm³/mol. The summed E-state index contributed by atoms with van der Waals surface area (Å²) in [6, 6.07) is 3.61. The van der Waals surface area contributed by atoms with Gasteiger partial charge in [0.05, 0.1) is 25.6 Å². The fraction of sp³-hybridized carbons (Fsp3) is 0.385. The number of allylic oxidation sites excluding steroid dienone is 1. The van der Waals surface area contributed by atoms with Crippen LogP contribution in [0.5, 0.6) is 11.5 Å². The van der Waals surface area contributed by atoms with Crippen molar-refractivity contribution in [1.29, 1.82) is 0 Å². The van der Waals surface area contributed by atoms with Gasteiger partial charge < -0.3 is 20.5 Å².